The Morgan fingerprint density at radius 2 is 1.93 bits per heavy atom. The molecular formula is C21H24N4OS. The van der Waals surface area contributed by atoms with Crippen molar-refractivity contribution < 1.29 is 4.79 Å². The van der Waals surface area contributed by atoms with E-state index in [0.29, 0.717) is 11.8 Å². The molecule has 0 aliphatic heterocycles. The molecule has 1 saturated carbocycles. The highest BCUT2D eigenvalue weighted by molar-refractivity contribution is 7.99. The molecular weight excluding hydrogens is 356 g/mol. The summed E-state index contributed by atoms with van der Waals surface area (Å²) in [7, 11) is 1.96. The lowest BCUT2D eigenvalue weighted by Crippen LogP contribution is -2.07. The number of thioether (sulfide) groups is 1. The lowest BCUT2D eigenvalue weighted by atomic mass is 10.1. The van der Waals surface area contributed by atoms with Crippen molar-refractivity contribution in [2.24, 2.45) is 7.05 Å². The molecule has 2 aromatic heterocycles. The number of hydrogen-bond acceptors (Lipinski definition) is 4. The van der Waals surface area contributed by atoms with Crippen LogP contribution in [0.15, 0.2) is 41.6 Å². The normalized spacial score (nSPS) is 13.9. The van der Waals surface area contributed by atoms with Crippen LogP contribution >= 0.6 is 11.8 Å². The van der Waals surface area contributed by atoms with Gasteiger partial charge in [-0.3, -0.25) is 4.79 Å². The number of aryl methyl sites for hydroxylation is 1. The van der Waals surface area contributed by atoms with Crippen LogP contribution in [0.4, 0.5) is 0 Å². The predicted octanol–water partition coefficient (Wildman–Crippen LogP) is 4.13. The van der Waals surface area contributed by atoms with E-state index in [1.165, 1.54) is 35.9 Å². The first-order valence-corrected chi connectivity index (χ1v) is 10.3. The molecule has 0 radical (unpaired) electrons. The van der Waals surface area contributed by atoms with Crippen LogP contribution in [-0.4, -0.2) is 30.9 Å². The number of benzene rings is 1. The molecule has 1 fully saturated rings. The van der Waals surface area contributed by atoms with Crippen LogP contribution in [-0.2, 0) is 13.5 Å². The Kier molecular flexibility index (Phi) is 4.91. The molecule has 27 heavy (non-hydrogen) atoms. The molecule has 140 valence electrons. The van der Waals surface area contributed by atoms with Gasteiger partial charge in [0, 0.05) is 36.5 Å². The molecule has 1 aliphatic rings. The number of Topliss-reactive ketones (excluding diaryl/α,β-unsaturated/α-hetero) is 1. The summed E-state index contributed by atoms with van der Waals surface area (Å²) in [4.78, 5) is 12.8. The van der Waals surface area contributed by atoms with E-state index in [-0.39, 0.29) is 5.78 Å². The van der Waals surface area contributed by atoms with Crippen LogP contribution in [0, 0.1) is 13.8 Å². The van der Waals surface area contributed by atoms with E-state index < -0.39 is 0 Å². The first-order valence-electron chi connectivity index (χ1n) is 9.31. The molecule has 0 bridgehead atoms. The lowest BCUT2D eigenvalue weighted by Gasteiger charge is -2.07. The molecule has 2 heterocycles. The highest BCUT2D eigenvalue weighted by Crippen LogP contribution is 2.38. The van der Waals surface area contributed by atoms with E-state index in [1.54, 1.807) is 0 Å². The van der Waals surface area contributed by atoms with E-state index in [4.69, 9.17) is 0 Å². The van der Waals surface area contributed by atoms with Gasteiger partial charge in [-0.15, -0.1) is 10.2 Å². The Labute approximate surface area is 163 Å². The Morgan fingerprint density at radius 1 is 1.19 bits per heavy atom. The summed E-state index contributed by atoms with van der Waals surface area (Å²) in [5.41, 5.74) is 4.34. The van der Waals surface area contributed by atoms with Crippen LogP contribution in [0.25, 0.3) is 0 Å². The van der Waals surface area contributed by atoms with E-state index >= 15 is 0 Å². The number of rotatable bonds is 7. The molecule has 5 nitrogen and oxygen atoms in total. The summed E-state index contributed by atoms with van der Waals surface area (Å²) in [6.07, 6.45) is 3.19. The summed E-state index contributed by atoms with van der Waals surface area (Å²) in [6.45, 7) is 4.15. The number of carbonyl (C=O) groups excluding carboxylic acids is 1. The molecule has 4 rings (SSSR count). The quantitative estimate of drug-likeness (QED) is 0.457. The fourth-order valence-electron chi connectivity index (χ4n) is 3.56. The number of nitrogens with zero attached hydrogens (tertiary/aromatic N) is 4. The fourth-order valence-corrected chi connectivity index (χ4v) is 4.38. The van der Waals surface area contributed by atoms with Gasteiger partial charge in [0.1, 0.15) is 5.82 Å². The van der Waals surface area contributed by atoms with Gasteiger partial charge >= 0.3 is 0 Å². The summed E-state index contributed by atoms with van der Waals surface area (Å²) in [5, 5.41) is 9.37. The number of carbonyl (C=O) groups is 1. The van der Waals surface area contributed by atoms with Gasteiger partial charge in [0.05, 0.1) is 5.75 Å². The molecule has 0 spiro atoms. The number of hydrogen-bond donors (Lipinski definition) is 0. The first kappa shape index (κ1) is 18.0. The van der Waals surface area contributed by atoms with Crippen molar-refractivity contribution in [1.82, 2.24) is 19.3 Å². The van der Waals surface area contributed by atoms with Crippen molar-refractivity contribution in [3.63, 3.8) is 0 Å². The standard InChI is InChI=1S/C21H24N4OS/c1-14-11-18(15(2)25(14)17-9-10-17)19(26)13-27-21-23-22-20(24(21)3)12-16-7-5-4-6-8-16/h4-8,11,17H,9-10,12-13H2,1-3H3. The summed E-state index contributed by atoms with van der Waals surface area (Å²) >= 11 is 1.46. The highest BCUT2D eigenvalue weighted by atomic mass is 32.2. The van der Waals surface area contributed by atoms with Crippen molar-refractivity contribution in [2.75, 3.05) is 5.75 Å². The van der Waals surface area contributed by atoms with Gasteiger partial charge in [-0.25, -0.2) is 0 Å². The first-order chi connectivity index (χ1) is 13.0. The molecule has 0 unspecified atom stereocenters. The molecule has 3 aromatic rings. The van der Waals surface area contributed by atoms with Gasteiger partial charge in [0.15, 0.2) is 10.9 Å². The van der Waals surface area contributed by atoms with Crippen molar-refractivity contribution in [3.05, 3.63) is 64.7 Å². The molecule has 1 aromatic carbocycles. The topological polar surface area (TPSA) is 52.7 Å². The molecule has 0 saturated heterocycles. The second-order valence-corrected chi connectivity index (χ2v) is 8.16. The second-order valence-electron chi connectivity index (χ2n) is 7.22. The molecule has 0 amide bonds. The monoisotopic (exact) mass is 380 g/mol. The van der Waals surface area contributed by atoms with Crippen LogP contribution in [0.1, 0.15) is 52.0 Å². The number of aromatic nitrogens is 4. The molecule has 0 N–H and O–H groups in total. The summed E-state index contributed by atoms with van der Waals surface area (Å²) in [6, 6.07) is 12.9. The van der Waals surface area contributed by atoms with Crippen molar-refractivity contribution in [3.8, 4) is 0 Å². The van der Waals surface area contributed by atoms with E-state index in [1.807, 2.05) is 35.9 Å². The average molecular weight is 381 g/mol. The maximum absolute atomic E-state index is 12.8. The largest absolute Gasteiger partial charge is 0.345 e. The van der Waals surface area contributed by atoms with Gasteiger partial charge in [-0.2, -0.15) is 0 Å². The van der Waals surface area contributed by atoms with Crippen LogP contribution in [0.2, 0.25) is 0 Å². The maximum Gasteiger partial charge on any atom is 0.191 e. The van der Waals surface area contributed by atoms with Gasteiger partial charge in [0.2, 0.25) is 0 Å². The highest BCUT2D eigenvalue weighted by Gasteiger charge is 2.28. The predicted molar refractivity (Wildman–Crippen MR) is 107 cm³/mol. The smallest absolute Gasteiger partial charge is 0.191 e. The van der Waals surface area contributed by atoms with E-state index in [9.17, 15) is 4.79 Å². The third-order valence-electron chi connectivity index (χ3n) is 5.16. The molecule has 0 atom stereocenters. The third-order valence-corrected chi connectivity index (χ3v) is 6.18. The lowest BCUT2D eigenvalue weighted by molar-refractivity contribution is 0.102. The SMILES string of the molecule is Cc1cc(C(=O)CSc2nnc(Cc3ccccc3)n2C)c(C)n1C1CC1. The van der Waals surface area contributed by atoms with Gasteiger partial charge in [0.25, 0.3) is 0 Å². The maximum atomic E-state index is 12.8. The zero-order chi connectivity index (χ0) is 19.0. The van der Waals surface area contributed by atoms with Crippen molar-refractivity contribution in [2.45, 2.75) is 44.3 Å². The van der Waals surface area contributed by atoms with Gasteiger partial charge < -0.3 is 9.13 Å². The minimum Gasteiger partial charge on any atom is -0.345 e. The molecule has 6 heteroatoms. The second kappa shape index (κ2) is 7.35. The van der Waals surface area contributed by atoms with Crippen molar-refractivity contribution >= 4 is 17.5 Å². The Balaban J connectivity index is 1.43. The van der Waals surface area contributed by atoms with Crippen LogP contribution in [0.3, 0.4) is 0 Å². The zero-order valence-corrected chi connectivity index (χ0v) is 16.8. The van der Waals surface area contributed by atoms with E-state index in [0.717, 1.165) is 28.7 Å². The minimum absolute atomic E-state index is 0.160. The summed E-state index contributed by atoms with van der Waals surface area (Å²) < 4.78 is 4.30. The van der Waals surface area contributed by atoms with Gasteiger partial charge in [-0.05, 0) is 38.3 Å². The number of ketones is 1. The van der Waals surface area contributed by atoms with Crippen LogP contribution < -0.4 is 0 Å². The Hall–Kier alpha value is -2.34. The minimum atomic E-state index is 0.160. The average Bonchev–Trinajstić information content (AvgIpc) is 3.37. The van der Waals surface area contributed by atoms with Gasteiger partial charge in [-0.1, -0.05) is 42.1 Å². The molecule has 1 aliphatic carbocycles. The summed E-state index contributed by atoms with van der Waals surface area (Å²) in [5.74, 6) is 1.45. The van der Waals surface area contributed by atoms with Crippen molar-refractivity contribution in [1.29, 1.82) is 0 Å². The fraction of sp³-hybridized carbons (Fsp3) is 0.381. The van der Waals surface area contributed by atoms with E-state index in [2.05, 4.69) is 40.7 Å². The Morgan fingerprint density at radius 3 is 2.63 bits per heavy atom. The van der Waals surface area contributed by atoms with Crippen LogP contribution in [0.5, 0.6) is 0 Å². The third kappa shape index (κ3) is 3.72. The Bertz CT molecular complexity index is 970. The zero-order valence-electron chi connectivity index (χ0n) is 16.0.